The van der Waals surface area contributed by atoms with Crippen molar-refractivity contribution in [3.05, 3.63) is 78.3 Å². The molecule has 0 spiro atoms. The molecule has 0 fully saturated rings. The molecule has 5 nitrogen and oxygen atoms in total. The summed E-state index contributed by atoms with van der Waals surface area (Å²) in [6.07, 6.45) is 1.23. The molecule has 1 aromatic carbocycles. The molecule has 0 saturated heterocycles. The number of fused-ring (bicyclic) bond motifs is 1. The molecule has 0 saturated carbocycles. The predicted octanol–water partition coefficient (Wildman–Crippen LogP) is 4.53. The van der Waals surface area contributed by atoms with Gasteiger partial charge >= 0.3 is 6.18 Å². The Morgan fingerprint density at radius 2 is 1.89 bits per heavy atom. The Hall–Kier alpha value is -3.49. The monoisotopic (exact) mass is 388 g/mol. The molecule has 4 aromatic rings. The van der Waals surface area contributed by atoms with Crippen LogP contribution in [0, 0.1) is 5.82 Å². The van der Waals surface area contributed by atoms with Gasteiger partial charge in [-0.1, -0.05) is 12.1 Å². The Morgan fingerprint density at radius 1 is 1.04 bits per heavy atom. The van der Waals surface area contributed by atoms with Gasteiger partial charge in [0, 0.05) is 36.4 Å². The summed E-state index contributed by atoms with van der Waals surface area (Å²) in [6, 6.07) is 7.77. The zero-order chi connectivity index (χ0) is 19.7. The second-order valence-electron chi connectivity index (χ2n) is 5.93. The van der Waals surface area contributed by atoms with Crippen LogP contribution in [-0.2, 0) is 12.8 Å². The first kappa shape index (κ1) is 17.9. The van der Waals surface area contributed by atoms with Crippen LogP contribution < -0.4 is 4.74 Å². The molecule has 142 valence electrons. The largest absolute Gasteiger partial charge is 0.471 e. The van der Waals surface area contributed by atoms with Gasteiger partial charge in [-0.05, 0) is 23.8 Å². The molecule has 28 heavy (non-hydrogen) atoms. The average Bonchev–Trinajstić information content (AvgIpc) is 3.08. The van der Waals surface area contributed by atoms with E-state index in [0.717, 1.165) is 12.1 Å². The lowest BCUT2D eigenvalue weighted by Gasteiger charge is -2.13. The summed E-state index contributed by atoms with van der Waals surface area (Å²) in [5, 5.41) is 0. The van der Waals surface area contributed by atoms with E-state index in [9.17, 15) is 17.6 Å². The van der Waals surface area contributed by atoms with Crippen molar-refractivity contribution < 1.29 is 22.3 Å². The van der Waals surface area contributed by atoms with Crippen LogP contribution in [0.25, 0.3) is 16.9 Å². The molecule has 3 aromatic heterocycles. The van der Waals surface area contributed by atoms with E-state index in [-0.39, 0.29) is 17.7 Å². The molecule has 0 unspecified atom stereocenters. The molecular weight excluding hydrogens is 376 g/mol. The number of hydrogen-bond donors (Lipinski definition) is 0. The number of imidazole rings is 1. The zero-order valence-electron chi connectivity index (χ0n) is 14.2. The Bertz CT molecular complexity index is 1130. The number of pyridine rings is 1. The van der Waals surface area contributed by atoms with Crippen molar-refractivity contribution in [2.45, 2.75) is 12.8 Å². The minimum Gasteiger partial charge on any atom is -0.471 e. The van der Waals surface area contributed by atoms with Crippen LogP contribution in [0.5, 0.6) is 5.88 Å². The highest BCUT2D eigenvalue weighted by atomic mass is 19.4. The number of nitrogens with zero attached hydrogens (tertiary/aromatic N) is 4. The summed E-state index contributed by atoms with van der Waals surface area (Å²) in [5.74, 6) is -0.227. The summed E-state index contributed by atoms with van der Waals surface area (Å²) in [6.45, 7) is 0.125. The molecule has 0 atom stereocenters. The number of hydrogen-bond acceptors (Lipinski definition) is 4. The fourth-order valence-corrected chi connectivity index (χ4v) is 2.73. The highest BCUT2D eigenvalue weighted by Gasteiger charge is 2.34. The molecule has 0 bridgehead atoms. The van der Waals surface area contributed by atoms with E-state index >= 15 is 0 Å². The fraction of sp³-hybridized carbons (Fsp3) is 0.105. The van der Waals surface area contributed by atoms with Crippen molar-refractivity contribution >= 4 is 5.78 Å². The molecular formula is C19H12F4N4O. The number of rotatable bonds is 4. The maximum absolute atomic E-state index is 13.3. The van der Waals surface area contributed by atoms with Crippen LogP contribution in [0.3, 0.4) is 0 Å². The Morgan fingerprint density at radius 3 is 2.64 bits per heavy atom. The molecule has 9 heteroatoms. The van der Waals surface area contributed by atoms with Gasteiger partial charge in [0.25, 0.3) is 0 Å². The molecule has 4 rings (SSSR count). The minimum absolute atomic E-state index is 0.125. The van der Waals surface area contributed by atoms with Gasteiger partial charge in [-0.3, -0.25) is 4.40 Å². The van der Waals surface area contributed by atoms with Gasteiger partial charge < -0.3 is 4.74 Å². The van der Waals surface area contributed by atoms with Crippen molar-refractivity contribution in [3.63, 3.8) is 0 Å². The van der Waals surface area contributed by atoms with Crippen molar-refractivity contribution in [2.75, 3.05) is 0 Å². The lowest BCUT2D eigenvalue weighted by Crippen LogP contribution is -2.08. The number of ether oxygens (including phenoxy) is 1. The van der Waals surface area contributed by atoms with Crippen LogP contribution >= 0.6 is 0 Å². The molecule has 0 amide bonds. The molecule has 0 radical (unpaired) electrons. The van der Waals surface area contributed by atoms with Crippen molar-refractivity contribution in [1.82, 2.24) is 19.4 Å². The van der Waals surface area contributed by atoms with E-state index < -0.39 is 17.6 Å². The zero-order valence-corrected chi connectivity index (χ0v) is 14.2. The molecule has 3 heterocycles. The van der Waals surface area contributed by atoms with Crippen LogP contribution in [0.2, 0.25) is 0 Å². The van der Waals surface area contributed by atoms with Crippen LogP contribution in [0.4, 0.5) is 17.6 Å². The third-order valence-corrected chi connectivity index (χ3v) is 3.96. The summed E-state index contributed by atoms with van der Waals surface area (Å²) < 4.78 is 60.1. The van der Waals surface area contributed by atoms with E-state index in [0.29, 0.717) is 23.4 Å². The highest BCUT2D eigenvalue weighted by Crippen LogP contribution is 2.37. The van der Waals surface area contributed by atoms with E-state index in [1.807, 2.05) is 0 Å². The quantitative estimate of drug-likeness (QED) is 0.482. The fourth-order valence-electron chi connectivity index (χ4n) is 2.73. The lowest BCUT2D eigenvalue weighted by molar-refractivity contribution is -0.137. The first-order chi connectivity index (χ1) is 13.4. The Labute approximate surface area is 156 Å². The number of alkyl halides is 3. The normalized spacial score (nSPS) is 11.7. The van der Waals surface area contributed by atoms with Gasteiger partial charge in [0.05, 0.1) is 11.3 Å². The first-order valence-electron chi connectivity index (χ1n) is 8.15. The second-order valence-corrected chi connectivity index (χ2v) is 5.93. The Balaban J connectivity index is 1.66. The van der Waals surface area contributed by atoms with Gasteiger partial charge in [0.1, 0.15) is 12.4 Å². The minimum atomic E-state index is -4.69. The van der Waals surface area contributed by atoms with Crippen LogP contribution in [-0.4, -0.2) is 19.4 Å². The summed E-state index contributed by atoms with van der Waals surface area (Å²) in [5.41, 5.74) is -0.504. The molecule has 0 aliphatic heterocycles. The number of aromatic nitrogens is 4. The maximum atomic E-state index is 13.3. The predicted molar refractivity (Wildman–Crippen MR) is 92.0 cm³/mol. The van der Waals surface area contributed by atoms with Gasteiger partial charge in [-0.15, -0.1) is 0 Å². The van der Waals surface area contributed by atoms with Gasteiger partial charge in [-0.25, -0.2) is 19.3 Å². The van der Waals surface area contributed by atoms with E-state index in [1.165, 1.54) is 16.8 Å². The van der Waals surface area contributed by atoms with Crippen molar-refractivity contribution in [1.29, 1.82) is 0 Å². The van der Waals surface area contributed by atoms with E-state index in [1.54, 1.807) is 30.6 Å². The molecule has 0 aliphatic carbocycles. The third-order valence-electron chi connectivity index (χ3n) is 3.96. The van der Waals surface area contributed by atoms with E-state index in [4.69, 9.17) is 4.74 Å². The Kier molecular flexibility index (Phi) is 4.42. The van der Waals surface area contributed by atoms with Crippen LogP contribution in [0.1, 0.15) is 11.3 Å². The van der Waals surface area contributed by atoms with Crippen molar-refractivity contribution in [3.8, 4) is 17.0 Å². The topological polar surface area (TPSA) is 52.3 Å². The number of halogens is 4. The van der Waals surface area contributed by atoms with Crippen LogP contribution in [0.15, 0.2) is 61.2 Å². The molecule has 0 aliphatic rings. The standard InChI is InChI=1S/C19H12F4N4O/c20-13-4-5-15(16(7-13)19(21,22)23)12-8-25-18-26-14(10-27(18)9-12)11-28-17-3-1-2-6-24-17/h1-10H,11H2. The first-order valence-corrected chi connectivity index (χ1v) is 8.15. The van der Waals surface area contributed by atoms with Crippen molar-refractivity contribution in [2.24, 2.45) is 0 Å². The summed E-state index contributed by atoms with van der Waals surface area (Å²) >= 11 is 0. The smallest absolute Gasteiger partial charge is 0.417 e. The lowest BCUT2D eigenvalue weighted by atomic mass is 10.0. The average molecular weight is 388 g/mol. The van der Waals surface area contributed by atoms with Gasteiger partial charge in [-0.2, -0.15) is 13.2 Å². The van der Waals surface area contributed by atoms with Gasteiger partial charge in [0.15, 0.2) is 0 Å². The summed E-state index contributed by atoms with van der Waals surface area (Å²) in [7, 11) is 0. The maximum Gasteiger partial charge on any atom is 0.417 e. The van der Waals surface area contributed by atoms with Gasteiger partial charge in [0.2, 0.25) is 11.7 Å². The third kappa shape index (κ3) is 3.64. The van der Waals surface area contributed by atoms with E-state index in [2.05, 4.69) is 15.0 Å². The second kappa shape index (κ2) is 6.91. The SMILES string of the molecule is Fc1ccc(-c2cnc3nc(COc4ccccn4)cn3c2)c(C(F)(F)F)c1. The number of benzene rings is 1. The summed E-state index contributed by atoms with van der Waals surface area (Å²) in [4.78, 5) is 12.4. The molecule has 0 N–H and O–H groups in total. The highest BCUT2D eigenvalue weighted by molar-refractivity contribution is 5.67.